The van der Waals surface area contributed by atoms with Gasteiger partial charge in [0.25, 0.3) is 0 Å². The highest BCUT2D eigenvalue weighted by Gasteiger charge is 2.43. The third kappa shape index (κ3) is 14.6. The van der Waals surface area contributed by atoms with E-state index < -0.39 is 195 Å². The molecule has 3 nitrogen and oxygen atoms in total. The van der Waals surface area contributed by atoms with E-state index in [4.69, 9.17) is 0 Å². The van der Waals surface area contributed by atoms with Gasteiger partial charge in [0, 0.05) is 32.7 Å². The van der Waals surface area contributed by atoms with Crippen molar-refractivity contribution in [3.8, 4) is 84.2 Å². The van der Waals surface area contributed by atoms with Crippen molar-refractivity contribution in [1.29, 1.82) is 5.26 Å². The fourth-order valence-electron chi connectivity index (χ4n) is 13.1. The first-order valence-corrected chi connectivity index (χ1v) is 31.1. The number of halogens is 30. The van der Waals surface area contributed by atoms with Crippen molar-refractivity contribution in [2.45, 2.75) is 61.8 Å². The van der Waals surface area contributed by atoms with Crippen LogP contribution in [0, 0.1) is 11.3 Å². The highest BCUT2D eigenvalue weighted by molar-refractivity contribution is 6.14. The van der Waals surface area contributed by atoms with Gasteiger partial charge in [0.05, 0.1) is 101 Å². The molecule has 0 aliphatic heterocycles. The van der Waals surface area contributed by atoms with Crippen molar-refractivity contribution in [2.75, 3.05) is 0 Å². The number of benzene rings is 11. The number of hydrogen-bond acceptors (Lipinski definition) is 1. The summed E-state index contributed by atoms with van der Waals surface area (Å²) in [5, 5.41) is 9.99. The third-order valence-electron chi connectivity index (χ3n) is 18.0. The Morgan fingerprint density at radius 2 is 0.418 bits per heavy atom. The standard InChI is InChI=1S/C77H33F30N3/c78-68(79,80)46-14-41(15-47(29-46)69(81,82)83)35-4-9-61-56(24-35)57-25-36(42-16-48(70(84,85)86)30-49(17-42)71(87,88)89)5-10-62(57)109(61)65-13-8-39(45-22-54(76(102,103)104)33-55(23-45)77(105,106)107)28-60(65)67-40(34-108)2-1-3-66(67)110-63-11-6-37(43-18-50(72(90,91)92)31-51(19-43)73(93,94)95)26-58(63)59-27-38(7-12-64(59)110)44-20-52(74(96,97)98)32-53(21-44)75(99,100)101/h1-33H. The average molecular weight is 1570 g/mol. The first-order valence-electron chi connectivity index (χ1n) is 31.1. The lowest BCUT2D eigenvalue weighted by Crippen LogP contribution is -2.11. The molecule has 13 aromatic rings. The predicted molar refractivity (Wildman–Crippen MR) is 342 cm³/mol. The zero-order valence-electron chi connectivity index (χ0n) is 53.7. The molecule has 0 aliphatic carbocycles. The van der Waals surface area contributed by atoms with Crippen LogP contribution in [-0.4, -0.2) is 9.13 Å². The number of aromatic nitrogens is 2. The molecule has 110 heavy (non-hydrogen) atoms. The van der Waals surface area contributed by atoms with Gasteiger partial charge in [-0.05, 0) is 219 Å². The summed E-state index contributed by atoms with van der Waals surface area (Å²) in [7, 11) is 0. The Morgan fingerprint density at radius 3 is 0.636 bits per heavy atom. The first-order chi connectivity index (χ1) is 50.7. The van der Waals surface area contributed by atoms with E-state index >= 15 is 0 Å². The zero-order chi connectivity index (χ0) is 80.2. The smallest absolute Gasteiger partial charge is 0.309 e. The molecule has 33 heteroatoms. The summed E-state index contributed by atoms with van der Waals surface area (Å²) in [4.78, 5) is 0. The van der Waals surface area contributed by atoms with E-state index in [0.717, 1.165) is 118 Å². The highest BCUT2D eigenvalue weighted by atomic mass is 19.4. The molecule has 566 valence electrons. The maximum atomic E-state index is 14.8. The predicted octanol–water partition coefficient (Wildman–Crippen LogP) is 27.9. The van der Waals surface area contributed by atoms with Gasteiger partial charge in [-0.2, -0.15) is 137 Å². The second-order valence-electron chi connectivity index (χ2n) is 25.1. The van der Waals surface area contributed by atoms with E-state index in [1.165, 1.54) is 0 Å². The first kappa shape index (κ1) is 76.6. The molecule has 0 atom stereocenters. The molecule has 0 saturated carbocycles. The molecule has 11 aromatic carbocycles. The highest BCUT2D eigenvalue weighted by Crippen LogP contribution is 2.51. The quantitative estimate of drug-likeness (QED) is 0.140. The molecule has 0 bridgehead atoms. The number of nitriles is 1. The van der Waals surface area contributed by atoms with Gasteiger partial charge in [0.15, 0.2) is 0 Å². The minimum atomic E-state index is -5.55. The van der Waals surface area contributed by atoms with Crippen LogP contribution >= 0.6 is 0 Å². The molecule has 0 unspecified atom stereocenters. The monoisotopic (exact) mass is 1570 g/mol. The lowest BCUT2D eigenvalue weighted by molar-refractivity contribution is -0.144. The molecular formula is C77H33F30N3. The molecule has 2 heterocycles. The largest absolute Gasteiger partial charge is 0.416 e. The number of fused-ring (bicyclic) bond motifs is 6. The van der Waals surface area contributed by atoms with Crippen LogP contribution in [0.3, 0.4) is 0 Å². The molecule has 0 radical (unpaired) electrons. The van der Waals surface area contributed by atoms with Crippen LogP contribution in [0.15, 0.2) is 200 Å². The van der Waals surface area contributed by atoms with Gasteiger partial charge in [0.2, 0.25) is 0 Å². The van der Waals surface area contributed by atoms with Gasteiger partial charge < -0.3 is 9.13 Å². The van der Waals surface area contributed by atoms with E-state index in [9.17, 15) is 137 Å². The van der Waals surface area contributed by atoms with Crippen LogP contribution in [0.5, 0.6) is 0 Å². The van der Waals surface area contributed by atoms with E-state index in [1.54, 1.807) is 0 Å². The van der Waals surface area contributed by atoms with Crippen LogP contribution in [-0.2, 0) is 61.8 Å². The maximum Gasteiger partial charge on any atom is 0.416 e. The fraction of sp³-hybridized carbons (Fsp3) is 0.130. The second-order valence-corrected chi connectivity index (χ2v) is 25.1. The van der Waals surface area contributed by atoms with Gasteiger partial charge in [-0.1, -0.05) is 36.4 Å². The Morgan fingerprint density at radius 1 is 0.209 bits per heavy atom. The van der Waals surface area contributed by atoms with Gasteiger partial charge in [0.1, 0.15) is 0 Å². The van der Waals surface area contributed by atoms with Crippen molar-refractivity contribution in [2.24, 2.45) is 0 Å². The summed E-state index contributed by atoms with van der Waals surface area (Å²) >= 11 is 0. The van der Waals surface area contributed by atoms with Crippen molar-refractivity contribution in [1.82, 2.24) is 9.13 Å². The molecule has 0 saturated heterocycles. The van der Waals surface area contributed by atoms with E-state index in [-0.39, 0.29) is 116 Å². The normalized spacial score (nSPS) is 13.4. The van der Waals surface area contributed by atoms with E-state index in [1.807, 2.05) is 6.07 Å². The Hall–Kier alpha value is -11.6. The Bertz CT molecular complexity index is 5520. The molecule has 0 N–H and O–H groups in total. The third-order valence-corrected chi connectivity index (χ3v) is 18.0. The Labute approximate surface area is 595 Å². The van der Waals surface area contributed by atoms with E-state index in [0.29, 0.717) is 24.3 Å². The van der Waals surface area contributed by atoms with Crippen LogP contribution in [0.25, 0.3) is 122 Å². The van der Waals surface area contributed by atoms with Gasteiger partial charge in [-0.3, -0.25) is 0 Å². The molecule has 13 rings (SSSR count). The van der Waals surface area contributed by atoms with Crippen molar-refractivity contribution >= 4 is 43.6 Å². The van der Waals surface area contributed by atoms with Crippen LogP contribution in [0.2, 0.25) is 0 Å². The summed E-state index contributed by atoms with van der Waals surface area (Å²) in [6, 6.07) is 21.5. The van der Waals surface area contributed by atoms with Gasteiger partial charge >= 0.3 is 61.8 Å². The zero-order valence-corrected chi connectivity index (χ0v) is 53.7. The lowest BCUT2D eigenvalue weighted by atomic mass is 9.91. The molecule has 2 aromatic heterocycles. The summed E-state index contributed by atoms with van der Waals surface area (Å²) in [6.07, 6.45) is -54.9. The number of alkyl halides is 30. The summed E-state index contributed by atoms with van der Waals surface area (Å²) in [6.45, 7) is 0. The lowest BCUT2D eigenvalue weighted by Gasteiger charge is -2.21. The average Bonchev–Trinajstić information content (AvgIpc) is 1.54. The van der Waals surface area contributed by atoms with Gasteiger partial charge in [-0.25, -0.2) is 0 Å². The molecular weight excluding hydrogens is 1540 g/mol. The number of nitrogens with zero attached hydrogens (tertiary/aromatic N) is 3. The second kappa shape index (κ2) is 25.8. The Balaban J connectivity index is 1.17. The van der Waals surface area contributed by atoms with Crippen LogP contribution in [0.4, 0.5) is 132 Å². The summed E-state index contributed by atoms with van der Waals surface area (Å²) < 4.78 is 438. The fourth-order valence-corrected chi connectivity index (χ4v) is 13.1. The van der Waals surface area contributed by atoms with Crippen LogP contribution in [0.1, 0.15) is 61.2 Å². The molecule has 0 aliphatic rings. The number of rotatable bonds is 8. The van der Waals surface area contributed by atoms with Crippen molar-refractivity contribution < 1.29 is 132 Å². The number of hydrogen-bond donors (Lipinski definition) is 0. The summed E-state index contributed by atoms with van der Waals surface area (Å²) in [5.41, 5.74) is -28.9. The molecule has 0 spiro atoms. The molecule has 0 amide bonds. The maximum absolute atomic E-state index is 14.8. The topological polar surface area (TPSA) is 33.6 Å². The summed E-state index contributed by atoms with van der Waals surface area (Å²) in [5.74, 6) is 0. The minimum absolute atomic E-state index is 0.221. The SMILES string of the molecule is N#Cc1cccc(-n2c3ccc(-c4cc(C(F)(F)F)cc(C(F)(F)F)c4)cc3c3cc(-c4cc(C(F)(F)F)cc(C(F)(F)F)c4)ccc32)c1-c1cc(-c2cc(C(F)(F)F)cc(C(F)(F)F)c2)ccc1-n1c2ccc(-c3cc(C(F)(F)F)cc(C(F)(F)F)c3)cc2c2cc(-c3cc(C(F)(F)F)cc(C(F)(F)F)c3)ccc21. The van der Waals surface area contributed by atoms with Crippen LogP contribution < -0.4 is 0 Å². The van der Waals surface area contributed by atoms with Gasteiger partial charge in [-0.15, -0.1) is 0 Å². The van der Waals surface area contributed by atoms with Crippen molar-refractivity contribution in [3.05, 3.63) is 261 Å². The molecule has 0 fully saturated rings. The Kier molecular flexibility index (Phi) is 18.0. The van der Waals surface area contributed by atoms with E-state index in [2.05, 4.69) is 0 Å². The minimum Gasteiger partial charge on any atom is -0.309 e. The van der Waals surface area contributed by atoms with Crippen molar-refractivity contribution in [3.63, 3.8) is 0 Å².